The lowest BCUT2D eigenvalue weighted by molar-refractivity contribution is -0.384. The van der Waals surface area contributed by atoms with Crippen LogP contribution in [0, 0.1) is 10.1 Å². The SMILES string of the molecule is CC(=O)c1cnc2ccc([N+](=O)[O-])cc2c1Cl. The van der Waals surface area contributed by atoms with E-state index in [9.17, 15) is 14.9 Å². The summed E-state index contributed by atoms with van der Waals surface area (Å²) in [6.07, 6.45) is 1.37. The summed E-state index contributed by atoms with van der Waals surface area (Å²) in [4.78, 5) is 25.4. The van der Waals surface area contributed by atoms with Gasteiger partial charge < -0.3 is 0 Å². The Hall–Kier alpha value is -2.01. The number of benzene rings is 1. The van der Waals surface area contributed by atoms with Crippen LogP contribution in [0.25, 0.3) is 10.9 Å². The maximum Gasteiger partial charge on any atom is 0.270 e. The largest absolute Gasteiger partial charge is 0.294 e. The smallest absolute Gasteiger partial charge is 0.270 e. The van der Waals surface area contributed by atoms with Crippen LogP contribution in [0.5, 0.6) is 0 Å². The molecule has 0 N–H and O–H groups in total. The number of rotatable bonds is 2. The number of fused-ring (bicyclic) bond motifs is 1. The van der Waals surface area contributed by atoms with Gasteiger partial charge in [0.2, 0.25) is 0 Å². The number of hydrogen-bond acceptors (Lipinski definition) is 4. The van der Waals surface area contributed by atoms with E-state index < -0.39 is 4.92 Å². The molecule has 2 rings (SSSR count). The summed E-state index contributed by atoms with van der Waals surface area (Å²) in [5.74, 6) is -0.226. The van der Waals surface area contributed by atoms with E-state index in [0.717, 1.165) is 0 Å². The summed E-state index contributed by atoms with van der Waals surface area (Å²) in [6.45, 7) is 1.37. The normalized spacial score (nSPS) is 10.5. The van der Waals surface area contributed by atoms with E-state index in [1.165, 1.54) is 31.3 Å². The van der Waals surface area contributed by atoms with E-state index in [0.29, 0.717) is 10.9 Å². The number of aromatic nitrogens is 1. The quantitative estimate of drug-likeness (QED) is 0.467. The fraction of sp³-hybridized carbons (Fsp3) is 0.0909. The molecule has 2 aromatic rings. The van der Waals surface area contributed by atoms with Crippen LogP contribution < -0.4 is 0 Å². The Morgan fingerprint density at radius 3 is 2.76 bits per heavy atom. The average molecular weight is 251 g/mol. The van der Waals surface area contributed by atoms with Crippen molar-refractivity contribution in [3.63, 3.8) is 0 Å². The van der Waals surface area contributed by atoms with Gasteiger partial charge in [-0.05, 0) is 13.0 Å². The minimum Gasteiger partial charge on any atom is -0.294 e. The first kappa shape index (κ1) is 11.5. The molecule has 17 heavy (non-hydrogen) atoms. The number of carbonyl (C=O) groups is 1. The van der Waals surface area contributed by atoms with Crippen molar-refractivity contribution in [2.75, 3.05) is 0 Å². The van der Waals surface area contributed by atoms with Gasteiger partial charge in [-0.3, -0.25) is 19.9 Å². The highest BCUT2D eigenvalue weighted by molar-refractivity contribution is 6.38. The number of non-ortho nitro benzene ring substituents is 1. The Bertz CT molecular complexity index is 635. The van der Waals surface area contributed by atoms with Gasteiger partial charge in [0.05, 0.1) is 21.0 Å². The highest BCUT2D eigenvalue weighted by atomic mass is 35.5. The first-order valence-corrected chi connectivity index (χ1v) is 5.12. The number of nitro groups is 1. The van der Waals surface area contributed by atoms with Crippen molar-refractivity contribution in [2.45, 2.75) is 6.92 Å². The first-order chi connectivity index (χ1) is 8.00. The van der Waals surface area contributed by atoms with E-state index in [1.807, 2.05) is 0 Å². The average Bonchev–Trinajstić information content (AvgIpc) is 2.28. The Morgan fingerprint density at radius 2 is 2.18 bits per heavy atom. The van der Waals surface area contributed by atoms with Gasteiger partial charge in [0.1, 0.15) is 0 Å². The second-order valence-corrected chi connectivity index (χ2v) is 3.88. The van der Waals surface area contributed by atoms with Gasteiger partial charge >= 0.3 is 0 Å². The lowest BCUT2D eigenvalue weighted by atomic mass is 10.1. The number of hydrogen-bond donors (Lipinski definition) is 0. The molecule has 0 aliphatic rings. The molecule has 0 saturated carbocycles. The number of Topliss-reactive ketones (excluding diaryl/α,β-unsaturated/α-hetero) is 1. The molecule has 0 bridgehead atoms. The standard InChI is InChI=1S/C11H7ClN2O3/c1-6(15)9-5-13-10-3-2-7(14(16)17)4-8(10)11(9)12/h2-5H,1H3. The van der Waals surface area contributed by atoms with Crippen molar-refractivity contribution in [3.8, 4) is 0 Å². The van der Waals surface area contributed by atoms with Gasteiger partial charge in [-0.25, -0.2) is 0 Å². The zero-order valence-corrected chi connectivity index (χ0v) is 9.56. The maximum absolute atomic E-state index is 11.3. The molecule has 86 valence electrons. The molecule has 0 unspecified atom stereocenters. The third-order valence-corrected chi connectivity index (χ3v) is 2.78. The highest BCUT2D eigenvalue weighted by Crippen LogP contribution is 2.28. The summed E-state index contributed by atoms with van der Waals surface area (Å²) in [6, 6.07) is 4.17. The first-order valence-electron chi connectivity index (χ1n) is 4.74. The fourth-order valence-corrected chi connectivity index (χ4v) is 1.84. The minimum atomic E-state index is -0.518. The Morgan fingerprint density at radius 1 is 1.47 bits per heavy atom. The van der Waals surface area contributed by atoms with Crippen LogP contribution in [0.2, 0.25) is 5.02 Å². The lowest BCUT2D eigenvalue weighted by Gasteiger charge is -2.03. The van der Waals surface area contributed by atoms with Crippen molar-refractivity contribution in [1.82, 2.24) is 4.98 Å². The van der Waals surface area contributed by atoms with Crippen molar-refractivity contribution < 1.29 is 9.72 Å². The molecule has 0 fully saturated rings. The molecule has 1 aromatic carbocycles. The summed E-state index contributed by atoms with van der Waals surface area (Å²) in [5.41, 5.74) is 0.701. The second kappa shape index (κ2) is 4.10. The fourth-order valence-electron chi connectivity index (χ4n) is 1.51. The summed E-state index contributed by atoms with van der Waals surface area (Å²) >= 11 is 6.03. The van der Waals surface area contributed by atoms with E-state index in [4.69, 9.17) is 11.6 Å². The number of carbonyl (C=O) groups excluding carboxylic acids is 1. The Kier molecular flexibility index (Phi) is 2.77. The molecule has 1 aromatic heterocycles. The van der Waals surface area contributed by atoms with Crippen LogP contribution in [0.3, 0.4) is 0 Å². The molecule has 0 atom stereocenters. The summed E-state index contributed by atoms with van der Waals surface area (Å²) in [5, 5.41) is 11.3. The molecule has 1 heterocycles. The predicted molar refractivity (Wildman–Crippen MR) is 63.4 cm³/mol. The molecule has 5 nitrogen and oxygen atoms in total. The number of nitro benzene ring substituents is 1. The van der Waals surface area contributed by atoms with Crippen molar-refractivity contribution in [1.29, 1.82) is 0 Å². The van der Waals surface area contributed by atoms with Crippen LogP contribution in [-0.4, -0.2) is 15.7 Å². The summed E-state index contributed by atoms with van der Waals surface area (Å²) < 4.78 is 0. The van der Waals surface area contributed by atoms with Gasteiger partial charge in [-0.15, -0.1) is 0 Å². The molecule has 0 radical (unpaired) electrons. The molecular formula is C11H7ClN2O3. The van der Waals surface area contributed by atoms with Gasteiger partial charge in [0, 0.05) is 23.7 Å². The van der Waals surface area contributed by atoms with Crippen LogP contribution in [0.1, 0.15) is 17.3 Å². The van der Waals surface area contributed by atoms with E-state index in [-0.39, 0.29) is 22.1 Å². The number of halogens is 1. The number of ketones is 1. The van der Waals surface area contributed by atoms with Gasteiger partial charge in [0.25, 0.3) is 5.69 Å². The van der Waals surface area contributed by atoms with E-state index >= 15 is 0 Å². The van der Waals surface area contributed by atoms with Gasteiger partial charge in [-0.2, -0.15) is 0 Å². The van der Waals surface area contributed by atoms with Crippen LogP contribution >= 0.6 is 11.6 Å². The molecule has 0 saturated heterocycles. The van der Waals surface area contributed by atoms with Gasteiger partial charge in [-0.1, -0.05) is 11.6 Å². The second-order valence-electron chi connectivity index (χ2n) is 3.50. The number of nitrogens with zero attached hydrogens (tertiary/aromatic N) is 2. The molecule has 0 spiro atoms. The molecule has 0 amide bonds. The molecular weight excluding hydrogens is 244 g/mol. The third kappa shape index (κ3) is 1.97. The maximum atomic E-state index is 11.3. The number of pyridine rings is 1. The molecule has 0 aliphatic carbocycles. The third-order valence-electron chi connectivity index (χ3n) is 2.38. The zero-order chi connectivity index (χ0) is 12.6. The topological polar surface area (TPSA) is 73.1 Å². The van der Waals surface area contributed by atoms with Gasteiger partial charge in [0.15, 0.2) is 5.78 Å². The monoisotopic (exact) mass is 250 g/mol. The van der Waals surface area contributed by atoms with Crippen molar-refractivity contribution >= 4 is 34.0 Å². The van der Waals surface area contributed by atoms with Crippen LogP contribution in [0.4, 0.5) is 5.69 Å². The van der Waals surface area contributed by atoms with E-state index in [1.54, 1.807) is 0 Å². The van der Waals surface area contributed by atoms with Crippen molar-refractivity contribution in [2.24, 2.45) is 0 Å². The van der Waals surface area contributed by atoms with Crippen LogP contribution in [-0.2, 0) is 0 Å². The lowest BCUT2D eigenvalue weighted by Crippen LogP contribution is -1.96. The zero-order valence-electron chi connectivity index (χ0n) is 8.81. The Labute approximate surface area is 101 Å². The minimum absolute atomic E-state index is 0.0816. The van der Waals surface area contributed by atoms with E-state index in [2.05, 4.69) is 4.98 Å². The highest BCUT2D eigenvalue weighted by Gasteiger charge is 2.13. The molecule has 0 aliphatic heterocycles. The molecule has 6 heteroatoms. The Balaban J connectivity index is 2.78. The van der Waals surface area contributed by atoms with Crippen molar-refractivity contribution in [3.05, 3.63) is 45.1 Å². The van der Waals surface area contributed by atoms with Crippen LogP contribution in [0.15, 0.2) is 24.4 Å². The summed E-state index contributed by atoms with van der Waals surface area (Å²) in [7, 11) is 0. The predicted octanol–water partition coefficient (Wildman–Crippen LogP) is 3.00.